The molecular weight excluding hydrogens is 222 g/mol. The number of fused-ring (bicyclic) bond motifs is 1. The number of hydrogen-bond donors (Lipinski definition) is 1. The Bertz CT molecular complexity index is 500. The quantitative estimate of drug-likeness (QED) is 0.702. The minimum absolute atomic E-state index is 0.118. The molecule has 0 unspecified atom stereocenters. The van der Waals surface area contributed by atoms with Crippen LogP contribution in [0.15, 0.2) is 51.9 Å². The Hall–Kier alpha value is -1.65. The average molecular weight is 233 g/mol. The zero-order chi connectivity index (χ0) is 11.2. The van der Waals surface area contributed by atoms with E-state index in [1.807, 2.05) is 0 Å². The van der Waals surface area contributed by atoms with Crippen molar-refractivity contribution in [3.8, 4) is 0 Å². The number of oxazole rings is 1. The second-order valence-electron chi connectivity index (χ2n) is 3.08. The van der Waals surface area contributed by atoms with E-state index in [0.717, 1.165) is 0 Å². The van der Waals surface area contributed by atoms with Crippen molar-refractivity contribution in [1.82, 2.24) is 4.98 Å². The van der Waals surface area contributed by atoms with E-state index in [0.29, 0.717) is 5.89 Å². The van der Waals surface area contributed by atoms with Crippen molar-refractivity contribution in [3.05, 3.63) is 53.4 Å². The molecule has 3 nitrogen and oxygen atoms in total. The average Bonchev–Trinajstić information content (AvgIpc) is 3.01. The largest absolute Gasteiger partial charge is 0.446 e. The molecule has 3 rings (SSSR count). The van der Waals surface area contributed by atoms with Crippen LogP contribution < -0.4 is 0 Å². The lowest BCUT2D eigenvalue weighted by atomic mass is 10.2. The van der Waals surface area contributed by atoms with Crippen molar-refractivity contribution in [2.75, 3.05) is 0 Å². The third kappa shape index (κ3) is 2.68. The van der Waals surface area contributed by atoms with E-state index >= 15 is 0 Å². The third-order valence-corrected chi connectivity index (χ3v) is 2.78. The van der Waals surface area contributed by atoms with Crippen LogP contribution in [0.4, 0.5) is 0 Å². The van der Waals surface area contributed by atoms with E-state index in [1.54, 1.807) is 11.3 Å². The highest BCUT2D eigenvalue weighted by Gasteiger charge is 1.88. The zero-order valence-electron chi connectivity index (χ0n) is 8.54. The lowest BCUT2D eigenvalue weighted by molar-refractivity contribution is 0.240. The Kier molecular flexibility index (Phi) is 3.69. The molecule has 0 aliphatic carbocycles. The van der Waals surface area contributed by atoms with Gasteiger partial charge in [0.05, 0.1) is 6.20 Å². The summed E-state index contributed by atoms with van der Waals surface area (Å²) in [6, 6.07) is 8.39. The summed E-state index contributed by atoms with van der Waals surface area (Å²) in [5.41, 5.74) is 0. The van der Waals surface area contributed by atoms with Crippen LogP contribution in [0.3, 0.4) is 0 Å². The summed E-state index contributed by atoms with van der Waals surface area (Å²) < 4.78 is 4.62. The molecule has 0 aliphatic rings. The summed E-state index contributed by atoms with van der Waals surface area (Å²) in [5.74, 6) is 0.361. The minimum Gasteiger partial charge on any atom is -0.446 e. The third-order valence-electron chi connectivity index (χ3n) is 2.00. The van der Waals surface area contributed by atoms with Gasteiger partial charge in [-0.05, 0) is 21.5 Å². The van der Waals surface area contributed by atoms with Gasteiger partial charge >= 0.3 is 0 Å². The second kappa shape index (κ2) is 5.44. The normalized spacial score (nSPS) is 9.81. The fraction of sp³-hybridized carbons (Fsp3) is 0.0833. The van der Waals surface area contributed by atoms with Crippen LogP contribution in [0.5, 0.6) is 0 Å². The smallest absolute Gasteiger partial charge is 0.219 e. The first kappa shape index (κ1) is 10.9. The minimum atomic E-state index is -0.118. The number of hydrogen-bond acceptors (Lipinski definition) is 4. The Morgan fingerprint density at radius 1 is 1.19 bits per heavy atom. The predicted octanol–water partition coefficient (Wildman–Crippen LogP) is 3.07. The van der Waals surface area contributed by atoms with E-state index in [1.165, 1.54) is 23.2 Å². The Morgan fingerprint density at radius 3 is 2.31 bits per heavy atom. The van der Waals surface area contributed by atoms with E-state index in [2.05, 4.69) is 44.4 Å². The van der Waals surface area contributed by atoms with Gasteiger partial charge in [0.1, 0.15) is 12.9 Å². The lowest BCUT2D eigenvalue weighted by Crippen LogP contribution is -1.77. The maximum Gasteiger partial charge on any atom is 0.219 e. The first-order valence-electron chi connectivity index (χ1n) is 4.80. The van der Waals surface area contributed by atoms with Gasteiger partial charge in [-0.15, -0.1) is 0 Å². The molecular formula is C12H11NO2S. The van der Waals surface area contributed by atoms with E-state index in [9.17, 15) is 0 Å². The molecule has 82 valence electrons. The summed E-state index contributed by atoms with van der Waals surface area (Å²) in [5, 5.41) is 15.3. The number of rotatable bonds is 1. The van der Waals surface area contributed by atoms with Crippen LogP contribution >= 0.6 is 11.3 Å². The highest BCUT2D eigenvalue weighted by molar-refractivity contribution is 7.09. The fourth-order valence-corrected chi connectivity index (χ4v) is 2.03. The van der Waals surface area contributed by atoms with Gasteiger partial charge in [0, 0.05) is 0 Å². The summed E-state index contributed by atoms with van der Waals surface area (Å²) in [4.78, 5) is 3.62. The molecule has 0 atom stereocenters. The molecule has 0 amide bonds. The molecule has 0 saturated carbocycles. The number of nitrogens with zero attached hydrogens (tertiary/aromatic N) is 1. The zero-order valence-corrected chi connectivity index (χ0v) is 9.35. The van der Waals surface area contributed by atoms with Crippen LogP contribution in [0.2, 0.25) is 0 Å². The van der Waals surface area contributed by atoms with Crippen LogP contribution in [0.1, 0.15) is 5.89 Å². The molecule has 0 fully saturated rings. The topological polar surface area (TPSA) is 46.3 Å². The van der Waals surface area contributed by atoms with Crippen molar-refractivity contribution < 1.29 is 9.52 Å². The maximum absolute atomic E-state index is 8.27. The van der Waals surface area contributed by atoms with Crippen molar-refractivity contribution in [2.45, 2.75) is 6.61 Å². The number of aliphatic hydroxyl groups is 1. The number of aromatic nitrogens is 1. The van der Waals surface area contributed by atoms with E-state index in [-0.39, 0.29) is 6.61 Å². The van der Waals surface area contributed by atoms with Crippen molar-refractivity contribution in [1.29, 1.82) is 0 Å². The molecule has 0 bridgehead atoms. The molecule has 3 aromatic rings. The molecule has 2 heterocycles. The first-order chi connectivity index (χ1) is 7.90. The Labute approximate surface area is 97.0 Å². The summed E-state index contributed by atoms with van der Waals surface area (Å²) >= 11 is 1.75. The highest BCUT2D eigenvalue weighted by Crippen LogP contribution is 2.17. The number of aliphatic hydroxyl groups excluding tert-OH is 1. The van der Waals surface area contributed by atoms with Crippen LogP contribution in [0, 0.1) is 0 Å². The standard InChI is InChI=1S/C8H6S.C4H5NO2/c1-2-4-8-6-9-5-7(8)3-1;6-3-4-5-1-2-7-4/h1-6H;1-2,6H,3H2. The number of benzene rings is 1. The molecule has 0 aliphatic heterocycles. The molecule has 16 heavy (non-hydrogen) atoms. The van der Waals surface area contributed by atoms with Crippen molar-refractivity contribution >= 4 is 22.1 Å². The number of thiophene rings is 1. The lowest BCUT2D eigenvalue weighted by Gasteiger charge is -1.82. The van der Waals surface area contributed by atoms with Gasteiger partial charge in [-0.1, -0.05) is 24.3 Å². The Morgan fingerprint density at radius 2 is 1.88 bits per heavy atom. The monoisotopic (exact) mass is 233 g/mol. The van der Waals surface area contributed by atoms with Crippen molar-refractivity contribution in [2.24, 2.45) is 0 Å². The molecule has 4 heteroatoms. The SMILES string of the molecule is OCc1ncco1.c1ccc2cscc2c1. The van der Waals surface area contributed by atoms with E-state index < -0.39 is 0 Å². The maximum atomic E-state index is 8.27. The van der Waals surface area contributed by atoms with Gasteiger partial charge in [-0.25, -0.2) is 4.98 Å². The first-order valence-corrected chi connectivity index (χ1v) is 5.74. The Balaban J connectivity index is 0.000000125. The molecule has 2 aromatic heterocycles. The summed E-state index contributed by atoms with van der Waals surface area (Å²) in [6.45, 7) is -0.118. The van der Waals surface area contributed by atoms with Gasteiger partial charge in [-0.3, -0.25) is 0 Å². The van der Waals surface area contributed by atoms with Crippen LogP contribution in [-0.2, 0) is 6.61 Å². The fourth-order valence-electron chi connectivity index (χ4n) is 1.24. The summed E-state index contributed by atoms with van der Waals surface area (Å²) in [7, 11) is 0. The van der Waals surface area contributed by atoms with Crippen LogP contribution in [-0.4, -0.2) is 10.1 Å². The molecule has 1 N–H and O–H groups in total. The van der Waals surface area contributed by atoms with Gasteiger partial charge in [-0.2, -0.15) is 11.3 Å². The van der Waals surface area contributed by atoms with Gasteiger partial charge in [0.15, 0.2) is 0 Å². The molecule has 0 saturated heterocycles. The van der Waals surface area contributed by atoms with Crippen molar-refractivity contribution in [3.63, 3.8) is 0 Å². The highest BCUT2D eigenvalue weighted by atomic mass is 32.1. The molecule has 1 aromatic carbocycles. The molecule has 0 spiro atoms. The van der Waals surface area contributed by atoms with Gasteiger partial charge < -0.3 is 9.52 Å². The molecule has 0 radical (unpaired) electrons. The summed E-state index contributed by atoms with van der Waals surface area (Å²) in [6.07, 6.45) is 2.91. The van der Waals surface area contributed by atoms with Crippen LogP contribution in [0.25, 0.3) is 10.8 Å². The van der Waals surface area contributed by atoms with Gasteiger partial charge in [0.25, 0.3) is 0 Å². The predicted molar refractivity (Wildman–Crippen MR) is 64.3 cm³/mol. The van der Waals surface area contributed by atoms with E-state index in [4.69, 9.17) is 5.11 Å². The van der Waals surface area contributed by atoms with Gasteiger partial charge in [0.2, 0.25) is 5.89 Å². The second-order valence-corrected chi connectivity index (χ2v) is 3.83.